The first kappa shape index (κ1) is 13.9. The Morgan fingerprint density at radius 3 is 2.50 bits per heavy atom. The zero-order valence-electron chi connectivity index (χ0n) is 10.2. The molecule has 2 aromatic rings. The molecule has 1 aromatic heterocycles. The van der Waals surface area contributed by atoms with Crippen molar-refractivity contribution in [1.29, 1.82) is 0 Å². The molecule has 0 fully saturated rings. The van der Waals surface area contributed by atoms with Gasteiger partial charge in [-0.3, -0.25) is 20.2 Å². The number of non-ortho nitro benzene ring substituents is 2. The van der Waals surface area contributed by atoms with Crippen LogP contribution in [0.1, 0.15) is 16.6 Å². The van der Waals surface area contributed by atoms with Crippen molar-refractivity contribution >= 4 is 38.8 Å². The summed E-state index contributed by atoms with van der Waals surface area (Å²) in [6, 6.07) is 3.40. The van der Waals surface area contributed by atoms with Crippen LogP contribution in [-0.2, 0) is 4.74 Å². The van der Waals surface area contributed by atoms with E-state index in [1.165, 1.54) is 12.1 Å². The van der Waals surface area contributed by atoms with E-state index in [4.69, 9.17) is 4.74 Å². The third-order valence-corrected chi connectivity index (χ3v) is 3.55. The summed E-state index contributed by atoms with van der Waals surface area (Å²) in [6.07, 6.45) is 0. The van der Waals surface area contributed by atoms with E-state index in [9.17, 15) is 25.0 Å². The number of nitro benzene ring substituents is 2. The van der Waals surface area contributed by atoms with Crippen molar-refractivity contribution < 1.29 is 19.4 Å². The smallest absolute Gasteiger partial charge is 0.348 e. The van der Waals surface area contributed by atoms with E-state index in [-0.39, 0.29) is 22.6 Å². The van der Waals surface area contributed by atoms with Crippen molar-refractivity contribution in [3.8, 4) is 0 Å². The van der Waals surface area contributed by atoms with Gasteiger partial charge in [0.05, 0.1) is 27.9 Å². The molecule has 0 aliphatic heterocycles. The van der Waals surface area contributed by atoms with E-state index < -0.39 is 21.5 Å². The van der Waals surface area contributed by atoms with Crippen LogP contribution in [0, 0.1) is 20.2 Å². The number of hydrogen-bond acceptors (Lipinski definition) is 7. The van der Waals surface area contributed by atoms with Crippen LogP contribution in [0.5, 0.6) is 0 Å². The van der Waals surface area contributed by atoms with Crippen molar-refractivity contribution in [2.45, 2.75) is 6.92 Å². The molecule has 0 saturated heterocycles. The Labute approximate surface area is 115 Å². The Bertz CT molecular complexity index is 723. The van der Waals surface area contributed by atoms with E-state index in [1.807, 2.05) is 0 Å². The Morgan fingerprint density at radius 2 is 1.95 bits per heavy atom. The van der Waals surface area contributed by atoms with Gasteiger partial charge in [0.15, 0.2) is 0 Å². The van der Waals surface area contributed by atoms with E-state index >= 15 is 0 Å². The number of hydrogen-bond donors (Lipinski definition) is 0. The van der Waals surface area contributed by atoms with Crippen molar-refractivity contribution in [2.75, 3.05) is 6.61 Å². The maximum atomic E-state index is 11.6. The van der Waals surface area contributed by atoms with Crippen LogP contribution in [0.25, 0.3) is 10.1 Å². The maximum Gasteiger partial charge on any atom is 0.348 e. The predicted molar refractivity (Wildman–Crippen MR) is 71.1 cm³/mol. The van der Waals surface area contributed by atoms with Gasteiger partial charge >= 0.3 is 5.97 Å². The second-order valence-electron chi connectivity index (χ2n) is 3.72. The van der Waals surface area contributed by atoms with Gasteiger partial charge in [0.2, 0.25) is 0 Å². The molecule has 0 radical (unpaired) electrons. The quantitative estimate of drug-likeness (QED) is 0.487. The SMILES string of the molecule is CCOC(=O)c1cc2c([N+](=O)[O-])cc([N+](=O)[O-])cc2s1. The summed E-state index contributed by atoms with van der Waals surface area (Å²) < 4.78 is 5.10. The van der Waals surface area contributed by atoms with Crippen LogP contribution in [0.3, 0.4) is 0 Å². The molecule has 0 bridgehead atoms. The molecular formula is C11H8N2O6S. The van der Waals surface area contributed by atoms with Gasteiger partial charge in [-0.15, -0.1) is 11.3 Å². The number of carbonyl (C=O) groups is 1. The minimum absolute atomic E-state index is 0.172. The Hall–Kier alpha value is -2.55. The number of nitro groups is 2. The summed E-state index contributed by atoms with van der Waals surface area (Å²) in [5.41, 5.74) is -0.789. The predicted octanol–water partition coefficient (Wildman–Crippen LogP) is 2.89. The summed E-state index contributed by atoms with van der Waals surface area (Å²) in [6.45, 7) is 1.81. The zero-order valence-corrected chi connectivity index (χ0v) is 11.0. The van der Waals surface area contributed by atoms with Crippen molar-refractivity contribution in [3.63, 3.8) is 0 Å². The summed E-state index contributed by atoms with van der Waals surface area (Å²) in [7, 11) is 0. The molecule has 1 aromatic carbocycles. The van der Waals surface area contributed by atoms with E-state index in [1.54, 1.807) is 6.92 Å². The second kappa shape index (κ2) is 5.21. The number of rotatable bonds is 4. The van der Waals surface area contributed by atoms with Crippen molar-refractivity contribution in [2.24, 2.45) is 0 Å². The molecule has 0 aliphatic rings. The highest BCUT2D eigenvalue weighted by Gasteiger charge is 2.23. The van der Waals surface area contributed by atoms with E-state index in [0.717, 1.165) is 17.4 Å². The zero-order chi connectivity index (χ0) is 14.9. The molecule has 0 atom stereocenters. The van der Waals surface area contributed by atoms with Gasteiger partial charge in [-0.1, -0.05) is 0 Å². The molecule has 0 N–H and O–H groups in total. The van der Waals surface area contributed by atoms with Gasteiger partial charge in [0.25, 0.3) is 11.4 Å². The van der Waals surface area contributed by atoms with Crippen LogP contribution in [-0.4, -0.2) is 22.4 Å². The molecule has 0 saturated carbocycles. The highest BCUT2D eigenvalue weighted by Crippen LogP contribution is 2.36. The fraction of sp³-hybridized carbons (Fsp3) is 0.182. The fourth-order valence-electron chi connectivity index (χ4n) is 1.67. The molecule has 2 rings (SSSR count). The first-order chi connectivity index (χ1) is 9.43. The monoisotopic (exact) mass is 296 g/mol. The van der Waals surface area contributed by atoms with Crippen molar-refractivity contribution in [1.82, 2.24) is 0 Å². The molecule has 1 heterocycles. The molecule has 9 heteroatoms. The molecule has 104 valence electrons. The molecule has 0 aliphatic carbocycles. The summed E-state index contributed by atoms with van der Waals surface area (Å²) in [5.74, 6) is -0.606. The Kier molecular flexibility index (Phi) is 3.61. The molecular weight excluding hydrogens is 288 g/mol. The third-order valence-electron chi connectivity index (χ3n) is 2.48. The summed E-state index contributed by atoms with van der Waals surface area (Å²) >= 11 is 0.925. The standard InChI is InChI=1S/C11H8N2O6S/c1-2-19-11(14)10-5-7-8(13(17)18)3-6(12(15)16)4-9(7)20-10/h3-5H,2H2,1H3. The number of fused-ring (bicyclic) bond motifs is 1. The average Bonchev–Trinajstić information content (AvgIpc) is 2.81. The number of thiophene rings is 1. The van der Waals surface area contributed by atoms with Gasteiger partial charge in [0.1, 0.15) is 4.88 Å². The molecule has 0 spiro atoms. The lowest BCUT2D eigenvalue weighted by atomic mass is 10.2. The lowest BCUT2D eigenvalue weighted by Gasteiger charge is -1.95. The van der Waals surface area contributed by atoms with Crippen molar-refractivity contribution in [3.05, 3.63) is 43.3 Å². The highest BCUT2D eigenvalue weighted by molar-refractivity contribution is 7.20. The average molecular weight is 296 g/mol. The first-order valence-corrected chi connectivity index (χ1v) is 6.29. The highest BCUT2D eigenvalue weighted by atomic mass is 32.1. The number of ether oxygens (including phenoxy) is 1. The van der Waals surface area contributed by atoms with Crippen LogP contribution < -0.4 is 0 Å². The second-order valence-corrected chi connectivity index (χ2v) is 4.81. The topological polar surface area (TPSA) is 113 Å². The minimum Gasteiger partial charge on any atom is -0.462 e. The lowest BCUT2D eigenvalue weighted by Crippen LogP contribution is -2.01. The van der Waals surface area contributed by atoms with Crippen LogP contribution in [0.2, 0.25) is 0 Å². The summed E-state index contributed by atoms with van der Waals surface area (Å²) in [4.78, 5) is 32.1. The fourth-order valence-corrected chi connectivity index (χ4v) is 2.67. The Balaban J connectivity index is 2.65. The number of benzene rings is 1. The van der Waals surface area contributed by atoms with Gasteiger partial charge in [-0.05, 0) is 13.0 Å². The number of esters is 1. The Morgan fingerprint density at radius 1 is 1.25 bits per heavy atom. The largest absolute Gasteiger partial charge is 0.462 e. The van der Waals surface area contributed by atoms with Gasteiger partial charge in [-0.25, -0.2) is 4.79 Å². The van der Waals surface area contributed by atoms with E-state index in [0.29, 0.717) is 4.70 Å². The van der Waals surface area contributed by atoms with Gasteiger partial charge < -0.3 is 4.74 Å². The van der Waals surface area contributed by atoms with Crippen LogP contribution in [0.15, 0.2) is 18.2 Å². The molecule has 8 nitrogen and oxygen atoms in total. The lowest BCUT2D eigenvalue weighted by molar-refractivity contribution is -0.393. The minimum atomic E-state index is -0.712. The molecule has 0 amide bonds. The third kappa shape index (κ3) is 2.43. The maximum absolute atomic E-state index is 11.6. The first-order valence-electron chi connectivity index (χ1n) is 5.47. The van der Waals surface area contributed by atoms with Gasteiger partial charge in [-0.2, -0.15) is 0 Å². The summed E-state index contributed by atoms with van der Waals surface area (Å²) in [5, 5.41) is 21.9. The molecule has 20 heavy (non-hydrogen) atoms. The number of nitrogens with zero attached hydrogens (tertiary/aromatic N) is 2. The number of carbonyl (C=O) groups excluding carboxylic acids is 1. The van der Waals surface area contributed by atoms with Crippen LogP contribution in [0.4, 0.5) is 11.4 Å². The normalized spacial score (nSPS) is 10.4. The van der Waals surface area contributed by atoms with E-state index in [2.05, 4.69) is 0 Å². The molecule has 0 unspecified atom stereocenters. The van der Waals surface area contributed by atoms with Crippen LogP contribution >= 0.6 is 11.3 Å². The van der Waals surface area contributed by atoms with Gasteiger partial charge in [0, 0.05) is 10.8 Å².